The Labute approximate surface area is 156 Å². The number of aromatic nitrogens is 2. The van der Waals surface area contributed by atoms with Crippen molar-refractivity contribution < 1.29 is 9.53 Å². The lowest BCUT2D eigenvalue weighted by atomic mass is 10.2. The SMILES string of the molecule is Nc1nc(N2CCN(C(=O)CCN3CCOCC3)CC2)c2ccsc2n1. The summed E-state index contributed by atoms with van der Waals surface area (Å²) in [5.74, 6) is 1.42. The maximum atomic E-state index is 12.5. The summed E-state index contributed by atoms with van der Waals surface area (Å²) in [4.78, 5) is 28.6. The molecule has 0 atom stereocenters. The summed E-state index contributed by atoms with van der Waals surface area (Å²) >= 11 is 1.57. The Bertz CT molecular complexity index is 768. The number of nitrogens with two attached hydrogens (primary N) is 1. The van der Waals surface area contributed by atoms with Crippen molar-refractivity contribution in [1.82, 2.24) is 19.8 Å². The lowest BCUT2D eigenvalue weighted by Gasteiger charge is -2.36. The monoisotopic (exact) mass is 376 g/mol. The fourth-order valence-corrected chi connectivity index (χ4v) is 4.27. The first-order chi connectivity index (χ1) is 12.7. The minimum Gasteiger partial charge on any atom is -0.379 e. The molecule has 26 heavy (non-hydrogen) atoms. The van der Waals surface area contributed by atoms with Crippen LogP contribution in [-0.2, 0) is 9.53 Å². The van der Waals surface area contributed by atoms with Crippen LogP contribution in [0.3, 0.4) is 0 Å². The molecule has 1 amide bonds. The predicted molar refractivity (Wildman–Crippen MR) is 102 cm³/mol. The van der Waals surface area contributed by atoms with Gasteiger partial charge in [-0.05, 0) is 11.4 Å². The van der Waals surface area contributed by atoms with Crippen molar-refractivity contribution in [2.24, 2.45) is 0 Å². The quantitative estimate of drug-likeness (QED) is 0.838. The van der Waals surface area contributed by atoms with Crippen LogP contribution in [0.1, 0.15) is 6.42 Å². The van der Waals surface area contributed by atoms with Crippen LogP contribution in [0.25, 0.3) is 10.2 Å². The Kier molecular flexibility index (Phi) is 5.18. The van der Waals surface area contributed by atoms with Gasteiger partial charge in [-0.25, -0.2) is 4.98 Å². The highest BCUT2D eigenvalue weighted by Gasteiger charge is 2.24. The van der Waals surface area contributed by atoms with Crippen LogP contribution in [0.4, 0.5) is 11.8 Å². The van der Waals surface area contributed by atoms with Gasteiger partial charge in [0.1, 0.15) is 10.6 Å². The maximum Gasteiger partial charge on any atom is 0.223 e. The second-order valence-electron chi connectivity index (χ2n) is 6.62. The van der Waals surface area contributed by atoms with Gasteiger partial charge in [0, 0.05) is 52.2 Å². The first-order valence-electron chi connectivity index (χ1n) is 9.04. The van der Waals surface area contributed by atoms with Crippen molar-refractivity contribution in [3.05, 3.63) is 11.4 Å². The molecular formula is C17H24N6O2S. The van der Waals surface area contributed by atoms with E-state index in [2.05, 4.69) is 19.8 Å². The van der Waals surface area contributed by atoms with Gasteiger partial charge in [-0.2, -0.15) is 4.98 Å². The van der Waals surface area contributed by atoms with Gasteiger partial charge in [-0.3, -0.25) is 9.69 Å². The standard InChI is InChI=1S/C17H24N6O2S/c18-17-19-15(13-2-12-26-16(13)20-17)23-6-4-22(5-7-23)14(24)1-3-21-8-10-25-11-9-21/h2,12H,1,3-11H2,(H2,18,19,20). The molecule has 0 saturated carbocycles. The molecule has 2 aromatic heterocycles. The van der Waals surface area contributed by atoms with E-state index in [-0.39, 0.29) is 5.91 Å². The van der Waals surface area contributed by atoms with E-state index in [9.17, 15) is 4.79 Å². The van der Waals surface area contributed by atoms with E-state index in [4.69, 9.17) is 10.5 Å². The summed E-state index contributed by atoms with van der Waals surface area (Å²) in [6.45, 7) is 7.18. The number of nitrogens with zero attached hydrogens (tertiary/aromatic N) is 5. The lowest BCUT2D eigenvalue weighted by molar-refractivity contribution is -0.132. The summed E-state index contributed by atoms with van der Waals surface area (Å²) in [7, 11) is 0. The second kappa shape index (κ2) is 7.73. The molecule has 8 nitrogen and oxygen atoms in total. The Balaban J connectivity index is 1.33. The molecule has 2 N–H and O–H groups in total. The van der Waals surface area contributed by atoms with Crippen LogP contribution in [0, 0.1) is 0 Å². The third kappa shape index (κ3) is 3.74. The van der Waals surface area contributed by atoms with Crippen molar-refractivity contribution in [2.45, 2.75) is 6.42 Å². The van der Waals surface area contributed by atoms with Gasteiger partial charge < -0.3 is 20.3 Å². The van der Waals surface area contributed by atoms with E-state index < -0.39 is 0 Å². The zero-order valence-corrected chi connectivity index (χ0v) is 15.6. The number of amides is 1. The van der Waals surface area contributed by atoms with Crippen molar-refractivity contribution >= 4 is 39.2 Å². The van der Waals surface area contributed by atoms with Gasteiger partial charge >= 0.3 is 0 Å². The summed E-state index contributed by atoms with van der Waals surface area (Å²) in [5.41, 5.74) is 5.86. The number of morpholine rings is 1. The normalized spacial score (nSPS) is 19.2. The summed E-state index contributed by atoms with van der Waals surface area (Å²) in [6, 6.07) is 2.04. The van der Waals surface area contributed by atoms with E-state index in [1.165, 1.54) is 0 Å². The molecule has 2 aliphatic rings. The third-order valence-electron chi connectivity index (χ3n) is 5.00. The molecule has 4 rings (SSSR count). The molecule has 0 aliphatic carbocycles. The van der Waals surface area contributed by atoms with E-state index in [0.717, 1.165) is 75.1 Å². The highest BCUT2D eigenvalue weighted by atomic mass is 32.1. The molecule has 0 unspecified atom stereocenters. The zero-order chi connectivity index (χ0) is 17.9. The van der Waals surface area contributed by atoms with Gasteiger partial charge in [0.05, 0.1) is 18.6 Å². The van der Waals surface area contributed by atoms with Crippen molar-refractivity contribution in [3.63, 3.8) is 0 Å². The fourth-order valence-electron chi connectivity index (χ4n) is 3.50. The number of fused-ring (bicyclic) bond motifs is 1. The number of ether oxygens (including phenoxy) is 1. The molecule has 140 valence electrons. The van der Waals surface area contributed by atoms with Gasteiger partial charge in [0.25, 0.3) is 0 Å². The molecule has 2 fully saturated rings. The average Bonchev–Trinajstić information content (AvgIpc) is 3.15. The Morgan fingerprint density at radius 3 is 2.69 bits per heavy atom. The molecule has 4 heterocycles. The highest BCUT2D eigenvalue weighted by Crippen LogP contribution is 2.29. The van der Waals surface area contributed by atoms with Crippen LogP contribution in [-0.4, -0.2) is 84.7 Å². The number of piperazine rings is 1. The molecule has 0 aromatic carbocycles. The summed E-state index contributed by atoms with van der Waals surface area (Å²) in [6.07, 6.45) is 0.579. The van der Waals surface area contributed by atoms with Gasteiger partial charge in [0.2, 0.25) is 11.9 Å². The Morgan fingerprint density at radius 2 is 1.92 bits per heavy atom. The van der Waals surface area contributed by atoms with Crippen molar-refractivity contribution in [2.75, 3.05) is 69.7 Å². The lowest BCUT2D eigenvalue weighted by Crippen LogP contribution is -2.49. The van der Waals surface area contributed by atoms with E-state index >= 15 is 0 Å². The first kappa shape index (κ1) is 17.4. The number of hydrogen-bond donors (Lipinski definition) is 1. The van der Waals surface area contributed by atoms with Crippen LogP contribution in [0.2, 0.25) is 0 Å². The van der Waals surface area contributed by atoms with Crippen LogP contribution in [0.15, 0.2) is 11.4 Å². The molecule has 0 bridgehead atoms. The van der Waals surface area contributed by atoms with Gasteiger partial charge in [-0.1, -0.05) is 0 Å². The number of nitrogen functional groups attached to an aromatic ring is 1. The number of carbonyl (C=O) groups is 1. The Hall–Kier alpha value is -1.97. The number of thiophene rings is 1. The molecule has 2 aliphatic heterocycles. The summed E-state index contributed by atoms with van der Waals surface area (Å²) < 4.78 is 5.35. The van der Waals surface area contributed by atoms with Crippen LogP contribution in [0.5, 0.6) is 0 Å². The van der Waals surface area contributed by atoms with Gasteiger partial charge in [0.15, 0.2) is 0 Å². The number of hydrogen-bond acceptors (Lipinski definition) is 8. The fraction of sp³-hybridized carbons (Fsp3) is 0.588. The van der Waals surface area contributed by atoms with Crippen molar-refractivity contribution in [3.8, 4) is 0 Å². The molecule has 2 saturated heterocycles. The zero-order valence-electron chi connectivity index (χ0n) is 14.8. The highest BCUT2D eigenvalue weighted by molar-refractivity contribution is 7.16. The minimum atomic E-state index is 0.235. The summed E-state index contributed by atoms with van der Waals surface area (Å²) in [5, 5.41) is 3.05. The van der Waals surface area contributed by atoms with E-state index in [1.807, 2.05) is 16.3 Å². The van der Waals surface area contributed by atoms with Gasteiger partial charge in [-0.15, -0.1) is 11.3 Å². The van der Waals surface area contributed by atoms with Crippen molar-refractivity contribution in [1.29, 1.82) is 0 Å². The molecule has 9 heteroatoms. The Morgan fingerprint density at radius 1 is 1.15 bits per heavy atom. The smallest absolute Gasteiger partial charge is 0.223 e. The first-order valence-corrected chi connectivity index (χ1v) is 9.92. The molecular weight excluding hydrogens is 352 g/mol. The molecule has 0 radical (unpaired) electrons. The minimum absolute atomic E-state index is 0.235. The topological polar surface area (TPSA) is 87.8 Å². The number of carbonyl (C=O) groups excluding carboxylic acids is 1. The number of rotatable bonds is 4. The average molecular weight is 376 g/mol. The third-order valence-corrected chi connectivity index (χ3v) is 5.81. The predicted octanol–water partition coefficient (Wildman–Crippen LogP) is 0.644. The maximum absolute atomic E-state index is 12.5. The molecule has 2 aromatic rings. The van der Waals surface area contributed by atoms with E-state index in [0.29, 0.717) is 12.4 Å². The van der Waals surface area contributed by atoms with E-state index in [1.54, 1.807) is 11.3 Å². The molecule has 0 spiro atoms. The number of anilines is 2. The van der Waals surface area contributed by atoms with Crippen LogP contribution >= 0.6 is 11.3 Å². The van der Waals surface area contributed by atoms with Crippen LogP contribution < -0.4 is 10.6 Å². The largest absolute Gasteiger partial charge is 0.379 e. The second-order valence-corrected chi connectivity index (χ2v) is 7.51.